The second kappa shape index (κ2) is 9.46. The smallest absolute Gasteiger partial charge is 0.265 e. The van der Waals surface area contributed by atoms with Crippen molar-refractivity contribution in [2.75, 3.05) is 31.1 Å². The van der Waals surface area contributed by atoms with Crippen molar-refractivity contribution in [2.45, 2.75) is 51.2 Å². The molecule has 2 amide bonds. The third kappa shape index (κ3) is 5.00. The van der Waals surface area contributed by atoms with Crippen molar-refractivity contribution in [3.63, 3.8) is 0 Å². The van der Waals surface area contributed by atoms with Crippen LogP contribution in [0.4, 0.5) is 5.69 Å². The van der Waals surface area contributed by atoms with Crippen molar-refractivity contribution in [1.29, 1.82) is 0 Å². The molecule has 3 aliphatic rings. The van der Waals surface area contributed by atoms with E-state index in [4.69, 9.17) is 4.74 Å². The van der Waals surface area contributed by atoms with Crippen LogP contribution in [0.3, 0.4) is 0 Å². The van der Waals surface area contributed by atoms with Gasteiger partial charge < -0.3 is 19.9 Å². The standard InChI is InChI=1S/C27H33N3O3/c1-19-9-11-20(12-10-19)26(21-13-14-21)28-25(31)18-30-17-24(27(32)29-15-5-2-6-16-29)33-23-8-4-3-7-22(23)30/h3-4,7-12,21,24,26H,2,5-6,13-18H2,1H3,(H,28,31). The van der Waals surface area contributed by atoms with Crippen molar-refractivity contribution < 1.29 is 14.3 Å². The molecule has 2 heterocycles. The summed E-state index contributed by atoms with van der Waals surface area (Å²) in [5.74, 6) is 1.18. The second-order valence-electron chi connectivity index (χ2n) is 9.63. The first kappa shape index (κ1) is 21.8. The Morgan fingerprint density at radius 2 is 1.76 bits per heavy atom. The summed E-state index contributed by atoms with van der Waals surface area (Å²) in [6.07, 6.45) is 4.97. The minimum Gasteiger partial charge on any atom is -0.477 e. The Hall–Kier alpha value is -3.02. The van der Waals surface area contributed by atoms with Gasteiger partial charge in [0, 0.05) is 13.1 Å². The van der Waals surface area contributed by atoms with Gasteiger partial charge in [-0.15, -0.1) is 0 Å². The molecule has 0 radical (unpaired) electrons. The molecule has 33 heavy (non-hydrogen) atoms. The van der Waals surface area contributed by atoms with Crippen molar-refractivity contribution in [3.05, 3.63) is 59.7 Å². The van der Waals surface area contributed by atoms with Gasteiger partial charge in [0.2, 0.25) is 5.91 Å². The number of aryl methyl sites for hydroxylation is 1. The van der Waals surface area contributed by atoms with Gasteiger partial charge in [0.05, 0.1) is 24.8 Å². The third-order valence-corrected chi connectivity index (χ3v) is 6.99. The van der Waals surface area contributed by atoms with Gasteiger partial charge in [-0.25, -0.2) is 0 Å². The van der Waals surface area contributed by atoms with Crippen LogP contribution in [-0.2, 0) is 9.59 Å². The summed E-state index contributed by atoms with van der Waals surface area (Å²) in [6, 6.07) is 16.2. The van der Waals surface area contributed by atoms with Crippen LogP contribution in [0.5, 0.6) is 5.75 Å². The first-order chi connectivity index (χ1) is 16.1. The van der Waals surface area contributed by atoms with Gasteiger partial charge in [-0.2, -0.15) is 0 Å². The minimum atomic E-state index is -0.581. The highest BCUT2D eigenvalue weighted by atomic mass is 16.5. The maximum Gasteiger partial charge on any atom is 0.265 e. The van der Waals surface area contributed by atoms with Crippen molar-refractivity contribution in [3.8, 4) is 5.75 Å². The molecule has 2 atom stereocenters. The van der Waals surface area contributed by atoms with Gasteiger partial charge in [-0.05, 0) is 62.6 Å². The zero-order chi connectivity index (χ0) is 22.8. The Balaban J connectivity index is 1.30. The van der Waals surface area contributed by atoms with E-state index in [1.54, 1.807) is 0 Å². The summed E-state index contributed by atoms with van der Waals surface area (Å²) in [7, 11) is 0. The van der Waals surface area contributed by atoms with E-state index in [0.29, 0.717) is 18.2 Å². The van der Waals surface area contributed by atoms with Gasteiger partial charge >= 0.3 is 0 Å². The lowest BCUT2D eigenvalue weighted by atomic mass is 10.0. The van der Waals surface area contributed by atoms with Crippen LogP contribution in [0, 0.1) is 12.8 Å². The van der Waals surface area contributed by atoms with Gasteiger partial charge in [-0.1, -0.05) is 42.0 Å². The highest BCUT2D eigenvalue weighted by molar-refractivity contribution is 5.86. The molecule has 1 saturated carbocycles. The van der Waals surface area contributed by atoms with Crippen molar-refractivity contribution >= 4 is 17.5 Å². The number of anilines is 1. The Bertz CT molecular complexity index is 996. The fourth-order valence-corrected chi connectivity index (χ4v) is 4.97. The summed E-state index contributed by atoms with van der Waals surface area (Å²) >= 11 is 0. The molecule has 6 heteroatoms. The predicted octanol–water partition coefficient (Wildman–Crippen LogP) is 3.84. The molecular weight excluding hydrogens is 414 g/mol. The number of fused-ring (bicyclic) bond motifs is 1. The van der Waals surface area contributed by atoms with Crippen LogP contribution in [0.15, 0.2) is 48.5 Å². The first-order valence-electron chi connectivity index (χ1n) is 12.2. The number of carbonyl (C=O) groups excluding carboxylic acids is 2. The number of nitrogens with zero attached hydrogens (tertiary/aromatic N) is 2. The van der Waals surface area contributed by atoms with Crippen LogP contribution < -0.4 is 15.0 Å². The number of para-hydroxylation sites is 2. The largest absolute Gasteiger partial charge is 0.477 e. The summed E-state index contributed by atoms with van der Waals surface area (Å²) in [6.45, 7) is 4.25. The lowest BCUT2D eigenvalue weighted by Crippen LogP contribution is -2.53. The molecule has 0 bridgehead atoms. The fourth-order valence-electron chi connectivity index (χ4n) is 4.97. The number of hydrogen-bond acceptors (Lipinski definition) is 4. The first-order valence-corrected chi connectivity index (χ1v) is 12.2. The zero-order valence-corrected chi connectivity index (χ0v) is 19.3. The molecular formula is C27H33N3O3. The minimum absolute atomic E-state index is 0.0200. The molecule has 174 valence electrons. The van der Waals surface area contributed by atoms with Crippen molar-refractivity contribution in [1.82, 2.24) is 10.2 Å². The number of hydrogen-bond donors (Lipinski definition) is 1. The molecule has 2 fully saturated rings. The van der Waals surface area contributed by atoms with E-state index in [0.717, 1.165) is 50.0 Å². The fraction of sp³-hybridized carbons (Fsp3) is 0.481. The Morgan fingerprint density at radius 1 is 1.03 bits per heavy atom. The number of ether oxygens (including phenoxy) is 1. The lowest BCUT2D eigenvalue weighted by molar-refractivity contribution is -0.139. The normalized spacial score (nSPS) is 21.1. The van der Waals surface area contributed by atoms with Crippen LogP contribution in [0.2, 0.25) is 0 Å². The van der Waals surface area contributed by atoms with Crippen molar-refractivity contribution in [2.24, 2.45) is 5.92 Å². The highest BCUT2D eigenvalue weighted by Gasteiger charge is 2.36. The van der Waals surface area contributed by atoms with Gasteiger partial charge in [0.1, 0.15) is 5.75 Å². The van der Waals surface area contributed by atoms with Crippen LogP contribution in [-0.4, -0.2) is 49.0 Å². The molecule has 5 rings (SSSR count). The molecule has 0 spiro atoms. The van der Waals surface area contributed by atoms with E-state index in [2.05, 4.69) is 36.5 Å². The SMILES string of the molecule is Cc1ccc(C(NC(=O)CN2CC(C(=O)N3CCCCC3)Oc3ccccc32)C2CC2)cc1. The molecule has 1 saturated heterocycles. The number of amides is 2. The third-order valence-electron chi connectivity index (χ3n) is 6.99. The molecule has 0 aromatic heterocycles. The maximum atomic E-state index is 13.2. The maximum absolute atomic E-state index is 13.2. The van der Waals surface area contributed by atoms with Crippen LogP contribution in [0.1, 0.15) is 49.3 Å². The van der Waals surface area contributed by atoms with Crippen LogP contribution in [0.25, 0.3) is 0 Å². The summed E-state index contributed by atoms with van der Waals surface area (Å²) in [5.41, 5.74) is 3.25. The average Bonchev–Trinajstić information content (AvgIpc) is 3.68. The molecule has 2 aromatic carbocycles. The Labute approximate surface area is 195 Å². The Kier molecular flexibility index (Phi) is 6.25. The van der Waals surface area contributed by atoms with E-state index in [1.165, 1.54) is 12.0 Å². The molecule has 1 N–H and O–H groups in total. The predicted molar refractivity (Wildman–Crippen MR) is 128 cm³/mol. The monoisotopic (exact) mass is 447 g/mol. The van der Waals surface area contributed by atoms with E-state index in [1.807, 2.05) is 34.1 Å². The van der Waals surface area contributed by atoms with Crippen LogP contribution >= 0.6 is 0 Å². The van der Waals surface area contributed by atoms with E-state index in [-0.39, 0.29) is 24.4 Å². The summed E-state index contributed by atoms with van der Waals surface area (Å²) < 4.78 is 6.10. The zero-order valence-electron chi connectivity index (χ0n) is 19.3. The molecule has 2 unspecified atom stereocenters. The molecule has 1 aliphatic carbocycles. The molecule has 2 aliphatic heterocycles. The number of likely N-dealkylation sites (tertiary alicyclic amines) is 1. The number of piperidine rings is 1. The number of carbonyl (C=O) groups is 2. The molecule has 2 aromatic rings. The number of benzene rings is 2. The second-order valence-corrected chi connectivity index (χ2v) is 9.63. The highest BCUT2D eigenvalue weighted by Crippen LogP contribution is 2.41. The van der Waals surface area contributed by atoms with E-state index < -0.39 is 6.10 Å². The Morgan fingerprint density at radius 3 is 2.48 bits per heavy atom. The lowest BCUT2D eigenvalue weighted by Gasteiger charge is -2.38. The number of rotatable bonds is 6. The van der Waals surface area contributed by atoms with E-state index in [9.17, 15) is 9.59 Å². The average molecular weight is 448 g/mol. The quantitative estimate of drug-likeness (QED) is 0.731. The van der Waals surface area contributed by atoms with Gasteiger partial charge in [-0.3, -0.25) is 9.59 Å². The van der Waals surface area contributed by atoms with E-state index >= 15 is 0 Å². The topological polar surface area (TPSA) is 61.9 Å². The number of nitrogens with one attached hydrogen (secondary N) is 1. The molecule has 6 nitrogen and oxygen atoms in total. The summed E-state index contributed by atoms with van der Waals surface area (Å²) in [5, 5.41) is 3.28. The van der Waals surface area contributed by atoms with Gasteiger partial charge in [0.15, 0.2) is 6.10 Å². The summed E-state index contributed by atoms with van der Waals surface area (Å²) in [4.78, 5) is 30.3. The van der Waals surface area contributed by atoms with Gasteiger partial charge in [0.25, 0.3) is 5.91 Å².